The van der Waals surface area contributed by atoms with Gasteiger partial charge in [-0.1, -0.05) is 18.2 Å². The molecule has 9 nitrogen and oxygen atoms in total. The number of benzene rings is 2. The number of nitrogens with zero attached hydrogens (tertiary/aromatic N) is 1. The Morgan fingerprint density at radius 1 is 1.09 bits per heavy atom. The number of carbonyl (C=O) groups excluding carboxylic acids is 1. The van der Waals surface area contributed by atoms with E-state index in [1.165, 1.54) is 24.8 Å². The van der Waals surface area contributed by atoms with Crippen LogP contribution in [0.25, 0.3) is 11.1 Å². The van der Waals surface area contributed by atoms with Crippen molar-refractivity contribution in [2.45, 2.75) is 33.2 Å². The van der Waals surface area contributed by atoms with E-state index in [1.807, 2.05) is 44.2 Å². The molecule has 0 aliphatic rings. The summed E-state index contributed by atoms with van der Waals surface area (Å²) in [4.78, 5) is 36.9. The molecule has 0 aliphatic carbocycles. The topological polar surface area (TPSA) is 130 Å². The lowest BCUT2D eigenvalue weighted by Gasteiger charge is -2.21. The highest BCUT2D eigenvalue weighted by molar-refractivity contribution is 5.91. The second kappa shape index (κ2) is 10.3. The van der Waals surface area contributed by atoms with E-state index >= 15 is 0 Å². The molecule has 0 bridgehead atoms. The fourth-order valence-corrected chi connectivity index (χ4v) is 4.01. The molecule has 1 heterocycles. The molecule has 3 rings (SSSR count). The normalized spacial score (nSPS) is 11.6. The van der Waals surface area contributed by atoms with Crippen LogP contribution in [0.5, 0.6) is 11.5 Å². The first-order chi connectivity index (χ1) is 16.5. The van der Waals surface area contributed by atoms with E-state index in [2.05, 4.69) is 10.6 Å². The van der Waals surface area contributed by atoms with Gasteiger partial charge >= 0.3 is 12.0 Å². The molecule has 0 unspecified atom stereocenters. The molecule has 4 N–H and O–H groups in total. The smallest absolute Gasteiger partial charge is 0.319 e. The Morgan fingerprint density at radius 2 is 1.74 bits per heavy atom. The van der Waals surface area contributed by atoms with Crippen LogP contribution in [0, 0.1) is 20.8 Å². The van der Waals surface area contributed by atoms with Crippen LogP contribution < -0.4 is 20.9 Å². The Labute approximate surface area is 203 Å². The Kier molecular flexibility index (Phi) is 7.49. The highest BCUT2D eigenvalue weighted by atomic mass is 16.5. The number of amides is 2. The van der Waals surface area contributed by atoms with E-state index in [9.17, 15) is 24.6 Å². The molecule has 0 spiro atoms. The van der Waals surface area contributed by atoms with Gasteiger partial charge in [0, 0.05) is 18.8 Å². The van der Waals surface area contributed by atoms with Crippen LogP contribution in [0.1, 0.15) is 34.8 Å². The highest BCUT2D eigenvalue weighted by Gasteiger charge is 2.22. The van der Waals surface area contributed by atoms with Gasteiger partial charge in [0.1, 0.15) is 11.5 Å². The first-order valence-electron chi connectivity index (χ1n) is 11.0. The van der Waals surface area contributed by atoms with Crippen LogP contribution >= 0.6 is 0 Å². The lowest BCUT2D eigenvalue weighted by molar-refractivity contribution is -0.137. The fourth-order valence-electron chi connectivity index (χ4n) is 4.01. The maximum absolute atomic E-state index is 12.8. The first-order valence-corrected chi connectivity index (χ1v) is 11.0. The molecular weight excluding hydrogens is 450 g/mol. The third kappa shape index (κ3) is 5.63. The Hall–Kier alpha value is -4.27. The highest BCUT2D eigenvalue weighted by Crippen LogP contribution is 2.33. The number of hydrogen-bond donors (Lipinski definition) is 4. The van der Waals surface area contributed by atoms with E-state index in [-0.39, 0.29) is 11.4 Å². The number of aliphatic carboxylic acids is 1. The van der Waals surface area contributed by atoms with Crippen LogP contribution in [-0.2, 0) is 11.8 Å². The summed E-state index contributed by atoms with van der Waals surface area (Å²) in [7, 11) is 3.02. The van der Waals surface area contributed by atoms with Gasteiger partial charge in [-0.05, 0) is 66.8 Å². The zero-order chi connectivity index (χ0) is 25.9. The summed E-state index contributed by atoms with van der Waals surface area (Å²) in [6.45, 7) is 5.61. The number of methoxy groups -OCH3 is 1. The molecule has 0 radical (unpaired) electrons. The molecule has 0 saturated heterocycles. The monoisotopic (exact) mass is 479 g/mol. The Balaban J connectivity index is 2.00. The van der Waals surface area contributed by atoms with Gasteiger partial charge in [0.2, 0.25) is 0 Å². The van der Waals surface area contributed by atoms with Gasteiger partial charge in [-0.25, -0.2) is 4.79 Å². The van der Waals surface area contributed by atoms with Gasteiger partial charge in [0.05, 0.1) is 19.6 Å². The average molecular weight is 480 g/mol. The van der Waals surface area contributed by atoms with Gasteiger partial charge in [-0.3, -0.25) is 9.59 Å². The number of aromatic nitrogens is 1. The van der Waals surface area contributed by atoms with Crippen LogP contribution in [-0.4, -0.2) is 33.9 Å². The SMILES string of the molecule is COc1cc(-c2c(C)cccc2C)cc([C@H](CC(=O)O)NC(=O)Nc2c(O)cc(C)n(C)c2=O)c1. The standard InChI is InChI=1S/C26H29N3O6/c1-14-7-6-8-15(2)23(14)18-10-17(11-19(12-18)35-5)20(13-22(31)32)27-26(34)28-24-21(30)9-16(3)29(4)25(24)33/h6-12,20,30H,13H2,1-5H3,(H,31,32)(H2,27,28,34)/t20-/m0/s1. The number of anilines is 1. The zero-order valence-electron chi connectivity index (χ0n) is 20.3. The quantitative estimate of drug-likeness (QED) is 0.405. The van der Waals surface area contributed by atoms with Crippen molar-refractivity contribution in [3.05, 3.63) is 75.2 Å². The lowest BCUT2D eigenvalue weighted by atomic mass is 9.92. The van der Waals surface area contributed by atoms with Crippen molar-refractivity contribution in [1.82, 2.24) is 9.88 Å². The minimum atomic E-state index is -1.12. The molecule has 0 saturated carbocycles. The van der Waals surface area contributed by atoms with Crippen molar-refractivity contribution in [3.63, 3.8) is 0 Å². The third-order valence-corrected chi connectivity index (χ3v) is 5.91. The van der Waals surface area contributed by atoms with Crippen molar-refractivity contribution in [3.8, 4) is 22.6 Å². The second-order valence-corrected chi connectivity index (χ2v) is 8.42. The summed E-state index contributed by atoms with van der Waals surface area (Å²) in [6, 6.07) is 10.8. The van der Waals surface area contributed by atoms with Crippen molar-refractivity contribution in [1.29, 1.82) is 0 Å². The van der Waals surface area contributed by atoms with Gasteiger partial charge in [-0.15, -0.1) is 0 Å². The number of pyridine rings is 1. The minimum Gasteiger partial charge on any atom is -0.505 e. The van der Waals surface area contributed by atoms with Crippen LogP contribution in [0.3, 0.4) is 0 Å². The van der Waals surface area contributed by atoms with Crippen LogP contribution in [0.4, 0.5) is 10.5 Å². The lowest BCUT2D eigenvalue weighted by Crippen LogP contribution is -2.36. The number of carbonyl (C=O) groups is 2. The van der Waals surface area contributed by atoms with E-state index in [1.54, 1.807) is 13.0 Å². The number of aryl methyl sites for hydroxylation is 3. The summed E-state index contributed by atoms with van der Waals surface area (Å²) in [5.41, 5.74) is 4.01. The van der Waals surface area contributed by atoms with E-state index in [4.69, 9.17) is 4.74 Å². The summed E-state index contributed by atoms with van der Waals surface area (Å²) >= 11 is 0. The number of ether oxygens (including phenoxy) is 1. The van der Waals surface area contributed by atoms with Gasteiger partial charge in [-0.2, -0.15) is 0 Å². The summed E-state index contributed by atoms with van der Waals surface area (Å²) in [5, 5.41) is 24.6. The number of rotatable bonds is 7. The van der Waals surface area contributed by atoms with Crippen LogP contribution in [0.2, 0.25) is 0 Å². The van der Waals surface area contributed by atoms with Crippen molar-refractivity contribution >= 4 is 17.7 Å². The zero-order valence-corrected chi connectivity index (χ0v) is 20.3. The summed E-state index contributed by atoms with van der Waals surface area (Å²) < 4.78 is 6.74. The molecule has 1 aromatic heterocycles. The number of carboxylic acid groups (broad SMARTS) is 1. The second-order valence-electron chi connectivity index (χ2n) is 8.42. The average Bonchev–Trinajstić information content (AvgIpc) is 2.79. The molecule has 184 valence electrons. The molecule has 35 heavy (non-hydrogen) atoms. The predicted octanol–water partition coefficient (Wildman–Crippen LogP) is 4.03. The summed E-state index contributed by atoms with van der Waals surface area (Å²) in [6.07, 6.45) is -0.412. The molecular formula is C26H29N3O6. The maximum Gasteiger partial charge on any atom is 0.319 e. The number of nitrogens with one attached hydrogen (secondary N) is 2. The Bertz CT molecular complexity index is 1330. The van der Waals surface area contributed by atoms with Crippen molar-refractivity contribution in [2.75, 3.05) is 12.4 Å². The van der Waals surface area contributed by atoms with Crippen molar-refractivity contribution < 1.29 is 24.5 Å². The largest absolute Gasteiger partial charge is 0.505 e. The molecule has 3 aromatic rings. The van der Waals surface area contributed by atoms with Gasteiger partial charge in [0.15, 0.2) is 5.69 Å². The fraction of sp³-hybridized carbons (Fsp3) is 0.269. The molecule has 1 atom stereocenters. The van der Waals surface area contributed by atoms with Gasteiger partial charge < -0.3 is 30.2 Å². The van der Waals surface area contributed by atoms with Crippen LogP contribution in [0.15, 0.2) is 47.3 Å². The third-order valence-electron chi connectivity index (χ3n) is 5.91. The molecule has 0 aliphatic heterocycles. The van der Waals surface area contributed by atoms with Crippen molar-refractivity contribution in [2.24, 2.45) is 7.05 Å². The molecule has 9 heteroatoms. The van der Waals surface area contributed by atoms with E-state index < -0.39 is 30.0 Å². The molecule has 2 amide bonds. The van der Waals surface area contributed by atoms with Gasteiger partial charge in [0.25, 0.3) is 5.56 Å². The predicted molar refractivity (Wildman–Crippen MR) is 133 cm³/mol. The molecule has 2 aromatic carbocycles. The van der Waals surface area contributed by atoms with E-state index in [0.717, 1.165) is 22.3 Å². The first kappa shape index (κ1) is 25.4. The number of carboxylic acids is 1. The maximum atomic E-state index is 12.8. The number of aromatic hydroxyl groups is 1. The van der Waals surface area contributed by atoms with E-state index in [0.29, 0.717) is 17.0 Å². The minimum absolute atomic E-state index is 0.299. The molecule has 0 fully saturated rings. The Morgan fingerprint density at radius 3 is 2.34 bits per heavy atom. The number of urea groups is 1. The summed E-state index contributed by atoms with van der Waals surface area (Å²) in [5.74, 6) is -1.00. The number of hydrogen-bond acceptors (Lipinski definition) is 5.